The Kier molecular flexibility index (Phi) is 4.61. The fourth-order valence-corrected chi connectivity index (χ4v) is 3.27. The van der Waals surface area contributed by atoms with E-state index in [-0.39, 0.29) is 0 Å². The van der Waals surface area contributed by atoms with Crippen molar-refractivity contribution in [2.75, 3.05) is 6.54 Å². The van der Waals surface area contributed by atoms with Crippen LogP contribution in [0, 0.1) is 11.8 Å². The van der Waals surface area contributed by atoms with Crippen LogP contribution in [0.15, 0.2) is 30.3 Å². The molecule has 1 saturated carbocycles. The van der Waals surface area contributed by atoms with Crippen LogP contribution < -0.4 is 5.32 Å². The molecule has 1 aromatic carbocycles. The number of hydrogen-bond acceptors (Lipinski definition) is 1. The van der Waals surface area contributed by atoms with Gasteiger partial charge in [-0.15, -0.1) is 0 Å². The molecular formula is C16H25N. The number of rotatable bonds is 2. The summed E-state index contributed by atoms with van der Waals surface area (Å²) in [5.74, 6) is 1.88. The normalized spacial score (nSPS) is 30.6. The summed E-state index contributed by atoms with van der Waals surface area (Å²) in [5.41, 5.74) is 1.52. The van der Waals surface area contributed by atoms with Crippen molar-refractivity contribution < 1.29 is 0 Å². The van der Waals surface area contributed by atoms with Crippen LogP contribution in [0.25, 0.3) is 0 Å². The first-order valence-corrected chi connectivity index (χ1v) is 7.19. The van der Waals surface area contributed by atoms with Crippen LogP contribution >= 0.6 is 0 Å². The minimum absolute atomic E-state index is 0.823. The Bertz CT molecular complexity index is 312. The highest BCUT2D eigenvalue weighted by molar-refractivity contribution is 5.16. The average Bonchev–Trinajstić information content (AvgIpc) is 2.43. The van der Waals surface area contributed by atoms with Crippen molar-refractivity contribution in [3.8, 4) is 0 Å². The van der Waals surface area contributed by atoms with Gasteiger partial charge in [0.25, 0.3) is 0 Å². The Balaban J connectivity index is 0.000000514. The molecule has 0 spiro atoms. The van der Waals surface area contributed by atoms with Crippen molar-refractivity contribution in [3.63, 3.8) is 0 Å². The summed E-state index contributed by atoms with van der Waals surface area (Å²) in [4.78, 5) is 0. The molecule has 4 rings (SSSR count). The van der Waals surface area contributed by atoms with Crippen LogP contribution in [-0.4, -0.2) is 12.6 Å². The van der Waals surface area contributed by atoms with Crippen LogP contribution in [-0.2, 0) is 6.42 Å². The summed E-state index contributed by atoms with van der Waals surface area (Å²) in [6.07, 6.45) is 5.56. The van der Waals surface area contributed by atoms with Gasteiger partial charge >= 0.3 is 0 Å². The average molecular weight is 231 g/mol. The molecule has 2 aliphatic heterocycles. The molecule has 3 atom stereocenters. The fourth-order valence-electron chi connectivity index (χ4n) is 3.27. The first-order chi connectivity index (χ1) is 8.42. The third kappa shape index (κ3) is 3.10. The van der Waals surface area contributed by atoms with Crippen LogP contribution in [0.2, 0.25) is 0 Å². The zero-order valence-corrected chi connectivity index (χ0v) is 11.2. The zero-order valence-electron chi connectivity index (χ0n) is 11.2. The van der Waals surface area contributed by atoms with Gasteiger partial charge in [-0.2, -0.15) is 0 Å². The minimum atomic E-state index is 0.823. The maximum Gasteiger partial charge on any atom is 0.00701 e. The lowest BCUT2D eigenvalue weighted by Crippen LogP contribution is -2.49. The van der Waals surface area contributed by atoms with Crippen molar-refractivity contribution in [2.24, 2.45) is 11.8 Å². The monoisotopic (exact) mass is 231 g/mol. The number of piperidine rings is 2. The summed E-state index contributed by atoms with van der Waals surface area (Å²) in [6.45, 7) is 5.27. The van der Waals surface area contributed by atoms with E-state index in [1.165, 1.54) is 37.8 Å². The highest BCUT2D eigenvalue weighted by Gasteiger charge is 2.34. The zero-order chi connectivity index (χ0) is 12.1. The number of nitrogens with one attached hydrogen (secondary N) is 1. The summed E-state index contributed by atoms with van der Waals surface area (Å²) in [7, 11) is 0. The Hall–Kier alpha value is -0.820. The SMILES string of the molecule is CC.c1ccc(CC2CC3CCC2CN3)cc1. The van der Waals surface area contributed by atoms with Crippen molar-refractivity contribution >= 4 is 0 Å². The highest BCUT2D eigenvalue weighted by atomic mass is 14.9. The largest absolute Gasteiger partial charge is 0.314 e. The third-order valence-corrected chi connectivity index (χ3v) is 4.15. The van der Waals surface area contributed by atoms with Crippen molar-refractivity contribution in [2.45, 2.75) is 45.6 Å². The lowest BCUT2D eigenvalue weighted by Gasteiger charge is -2.43. The van der Waals surface area contributed by atoms with Gasteiger partial charge in [0.2, 0.25) is 0 Å². The molecule has 0 amide bonds. The van der Waals surface area contributed by atoms with Crippen LogP contribution in [0.1, 0.15) is 38.7 Å². The molecule has 2 bridgehead atoms. The molecular weight excluding hydrogens is 206 g/mol. The second kappa shape index (κ2) is 6.20. The van der Waals surface area contributed by atoms with Gasteiger partial charge in [0.15, 0.2) is 0 Å². The Labute approximate surface area is 106 Å². The molecule has 3 unspecified atom stereocenters. The van der Waals surface area contributed by atoms with E-state index in [2.05, 4.69) is 35.6 Å². The standard InChI is InChI=1S/C14H19N.C2H6/c1-2-4-11(5-3-1)8-13-9-14-7-6-12(13)10-15-14;1-2/h1-5,12-15H,6-10H2;1-2H3. The van der Waals surface area contributed by atoms with Crippen LogP contribution in [0.4, 0.5) is 0 Å². The van der Waals surface area contributed by atoms with E-state index in [4.69, 9.17) is 0 Å². The second-order valence-electron chi connectivity index (χ2n) is 5.13. The van der Waals surface area contributed by atoms with Gasteiger partial charge in [-0.25, -0.2) is 0 Å². The maximum absolute atomic E-state index is 3.63. The Morgan fingerprint density at radius 2 is 1.88 bits per heavy atom. The topological polar surface area (TPSA) is 12.0 Å². The van der Waals surface area contributed by atoms with E-state index in [0.29, 0.717) is 0 Å². The third-order valence-electron chi connectivity index (χ3n) is 4.15. The maximum atomic E-state index is 3.63. The molecule has 0 radical (unpaired) electrons. The first-order valence-electron chi connectivity index (χ1n) is 7.19. The summed E-state index contributed by atoms with van der Waals surface area (Å²) in [5, 5.41) is 3.63. The van der Waals surface area contributed by atoms with Crippen molar-refractivity contribution in [1.29, 1.82) is 0 Å². The molecule has 1 aliphatic carbocycles. The fraction of sp³-hybridized carbons (Fsp3) is 0.625. The van der Waals surface area contributed by atoms with Gasteiger partial charge in [0, 0.05) is 6.04 Å². The summed E-state index contributed by atoms with van der Waals surface area (Å²) in [6, 6.07) is 11.8. The Morgan fingerprint density at radius 3 is 2.41 bits per heavy atom. The van der Waals surface area contributed by atoms with E-state index in [9.17, 15) is 0 Å². The highest BCUT2D eigenvalue weighted by Crippen LogP contribution is 2.36. The van der Waals surface area contributed by atoms with Gasteiger partial charge in [0.05, 0.1) is 0 Å². The molecule has 1 N–H and O–H groups in total. The molecule has 94 valence electrons. The molecule has 3 aliphatic rings. The van der Waals surface area contributed by atoms with E-state index < -0.39 is 0 Å². The van der Waals surface area contributed by atoms with E-state index >= 15 is 0 Å². The predicted octanol–water partition coefficient (Wildman–Crippen LogP) is 3.64. The van der Waals surface area contributed by atoms with Crippen LogP contribution in [0.3, 0.4) is 0 Å². The van der Waals surface area contributed by atoms with Gasteiger partial charge in [-0.3, -0.25) is 0 Å². The van der Waals surface area contributed by atoms with Gasteiger partial charge in [-0.05, 0) is 49.6 Å². The quantitative estimate of drug-likeness (QED) is 0.819. The van der Waals surface area contributed by atoms with Crippen molar-refractivity contribution in [3.05, 3.63) is 35.9 Å². The predicted molar refractivity (Wildman–Crippen MR) is 74.1 cm³/mol. The van der Waals surface area contributed by atoms with Crippen molar-refractivity contribution in [1.82, 2.24) is 5.32 Å². The Morgan fingerprint density at radius 1 is 1.12 bits per heavy atom. The van der Waals surface area contributed by atoms with Gasteiger partial charge in [0.1, 0.15) is 0 Å². The smallest absolute Gasteiger partial charge is 0.00701 e. The molecule has 2 saturated heterocycles. The van der Waals surface area contributed by atoms with Gasteiger partial charge < -0.3 is 5.32 Å². The lowest BCUT2D eigenvalue weighted by atomic mass is 9.71. The molecule has 2 heterocycles. The summed E-state index contributed by atoms with van der Waals surface area (Å²) < 4.78 is 0. The first kappa shape index (κ1) is 12.6. The molecule has 1 nitrogen and oxygen atoms in total. The molecule has 1 aromatic rings. The van der Waals surface area contributed by atoms with E-state index in [0.717, 1.165) is 17.9 Å². The molecule has 17 heavy (non-hydrogen) atoms. The summed E-state index contributed by atoms with van der Waals surface area (Å²) >= 11 is 0. The second-order valence-corrected chi connectivity index (χ2v) is 5.13. The van der Waals surface area contributed by atoms with Gasteiger partial charge in [-0.1, -0.05) is 44.2 Å². The molecule has 3 fully saturated rings. The molecule has 1 heteroatoms. The number of hydrogen-bond donors (Lipinski definition) is 1. The van der Waals surface area contributed by atoms with E-state index in [1.807, 2.05) is 13.8 Å². The minimum Gasteiger partial charge on any atom is -0.314 e. The van der Waals surface area contributed by atoms with E-state index in [1.54, 1.807) is 0 Å². The lowest BCUT2D eigenvalue weighted by molar-refractivity contribution is 0.132. The van der Waals surface area contributed by atoms with Crippen LogP contribution in [0.5, 0.6) is 0 Å². The molecule has 0 aromatic heterocycles. The number of benzene rings is 1. The number of fused-ring (bicyclic) bond motifs is 3.